The van der Waals surface area contributed by atoms with Gasteiger partial charge in [0.2, 0.25) is 0 Å². The average Bonchev–Trinajstić information content (AvgIpc) is 2.94. The zero-order chi connectivity index (χ0) is 14.4. The van der Waals surface area contributed by atoms with Gasteiger partial charge < -0.3 is 4.74 Å². The largest absolute Gasteiger partial charge is 0.463 e. The van der Waals surface area contributed by atoms with Gasteiger partial charge in [-0.15, -0.1) is 0 Å². The molecule has 0 bridgehead atoms. The molecule has 4 aliphatic carbocycles. The van der Waals surface area contributed by atoms with E-state index < -0.39 is 0 Å². The van der Waals surface area contributed by atoms with E-state index in [1.807, 2.05) is 0 Å². The fourth-order valence-electron chi connectivity index (χ4n) is 4.72. The van der Waals surface area contributed by atoms with Crippen molar-refractivity contribution < 1.29 is 9.53 Å². The third-order valence-electron chi connectivity index (χ3n) is 5.59. The smallest absolute Gasteiger partial charge is 0.302 e. The summed E-state index contributed by atoms with van der Waals surface area (Å²) in [5.41, 5.74) is 4.74. The number of hydrogen-bond donors (Lipinski definition) is 0. The molecule has 4 unspecified atom stereocenters. The Balaban J connectivity index is 1.60. The molecule has 0 aromatic rings. The predicted molar refractivity (Wildman–Crippen MR) is 82.5 cm³/mol. The first-order chi connectivity index (χ1) is 10.2. The van der Waals surface area contributed by atoms with Gasteiger partial charge in [-0.1, -0.05) is 36.0 Å². The van der Waals surface area contributed by atoms with Crippen molar-refractivity contribution in [1.82, 2.24) is 0 Å². The Labute approximate surface area is 126 Å². The lowest BCUT2D eigenvalue weighted by molar-refractivity contribution is -0.148. The van der Waals surface area contributed by atoms with Crippen molar-refractivity contribution >= 4 is 5.97 Å². The van der Waals surface area contributed by atoms with Crippen LogP contribution < -0.4 is 0 Å². The van der Waals surface area contributed by atoms with Gasteiger partial charge in [-0.25, -0.2) is 0 Å². The fourth-order valence-corrected chi connectivity index (χ4v) is 4.72. The monoisotopic (exact) mass is 282 g/mol. The van der Waals surface area contributed by atoms with Gasteiger partial charge in [-0.2, -0.15) is 0 Å². The van der Waals surface area contributed by atoms with Crippen LogP contribution in [0.25, 0.3) is 0 Å². The highest BCUT2D eigenvalue weighted by molar-refractivity contribution is 5.66. The summed E-state index contributed by atoms with van der Waals surface area (Å²) in [5, 5.41) is 0. The summed E-state index contributed by atoms with van der Waals surface area (Å²) in [4.78, 5) is 11.2. The molecule has 0 radical (unpaired) electrons. The molecule has 2 heteroatoms. The lowest BCUT2D eigenvalue weighted by Gasteiger charge is -2.42. The molecule has 110 valence electrons. The van der Waals surface area contributed by atoms with Crippen LogP contribution in [0.5, 0.6) is 0 Å². The minimum atomic E-state index is -0.131. The van der Waals surface area contributed by atoms with Crippen LogP contribution in [-0.4, -0.2) is 12.1 Å². The van der Waals surface area contributed by atoms with Gasteiger partial charge in [0.05, 0.1) is 0 Å². The van der Waals surface area contributed by atoms with E-state index in [9.17, 15) is 4.79 Å². The van der Waals surface area contributed by atoms with E-state index in [0.717, 1.165) is 19.3 Å². The Bertz CT molecular complexity index is 591. The fraction of sp³-hybridized carbons (Fsp3) is 0.526. The number of rotatable bonds is 1. The van der Waals surface area contributed by atoms with Crippen LogP contribution in [0.1, 0.15) is 39.0 Å². The molecule has 0 N–H and O–H groups in total. The molecular formula is C19H22O2. The Morgan fingerprint density at radius 1 is 1.24 bits per heavy atom. The van der Waals surface area contributed by atoms with E-state index in [2.05, 4.69) is 30.4 Å². The van der Waals surface area contributed by atoms with Crippen molar-refractivity contribution in [1.29, 1.82) is 0 Å². The molecule has 0 amide bonds. The van der Waals surface area contributed by atoms with Crippen molar-refractivity contribution in [2.75, 3.05) is 0 Å². The van der Waals surface area contributed by atoms with Gasteiger partial charge >= 0.3 is 5.97 Å². The molecule has 4 aliphatic rings. The molecule has 21 heavy (non-hydrogen) atoms. The standard InChI is InChI=1S/C19H22O2/c1-12(20)21-15-7-10-17-14(11-15)6-9-18-16-4-2-3-13(16)5-8-19(17)18/h2-5,8,14-16,18H,6-7,9-11H2,1H3. The molecule has 0 aromatic heterocycles. The van der Waals surface area contributed by atoms with E-state index in [4.69, 9.17) is 4.74 Å². The van der Waals surface area contributed by atoms with Crippen molar-refractivity contribution in [3.8, 4) is 0 Å². The van der Waals surface area contributed by atoms with Gasteiger partial charge in [0, 0.05) is 12.8 Å². The van der Waals surface area contributed by atoms with Gasteiger partial charge in [0.1, 0.15) is 6.10 Å². The first-order valence-corrected chi connectivity index (χ1v) is 8.19. The van der Waals surface area contributed by atoms with Gasteiger partial charge in [-0.3, -0.25) is 4.79 Å². The quantitative estimate of drug-likeness (QED) is 0.677. The zero-order valence-electron chi connectivity index (χ0n) is 12.5. The maximum Gasteiger partial charge on any atom is 0.302 e. The number of hydrogen-bond acceptors (Lipinski definition) is 2. The molecule has 0 saturated heterocycles. The number of carbonyl (C=O) groups excluding carboxylic acids is 1. The minimum Gasteiger partial charge on any atom is -0.463 e. The number of ether oxygens (including phenoxy) is 1. The van der Waals surface area contributed by atoms with E-state index in [1.54, 1.807) is 11.1 Å². The molecule has 2 nitrogen and oxygen atoms in total. The molecule has 4 atom stereocenters. The van der Waals surface area contributed by atoms with Crippen LogP contribution in [0, 0.1) is 17.8 Å². The van der Waals surface area contributed by atoms with E-state index in [-0.39, 0.29) is 12.1 Å². The zero-order valence-corrected chi connectivity index (χ0v) is 12.5. The second-order valence-electron chi connectivity index (χ2n) is 6.78. The van der Waals surface area contributed by atoms with Gasteiger partial charge in [0.25, 0.3) is 0 Å². The molecule has 4 rings (SSSR count). The third kappa shape index (κ3) is 2.21. The summed E-state index contributed by atoms with van der Waals surface area (Å²) in [6, 6.07) is 0. The number of carbonyl (C=O) groups is 1. The van der Waals surface area contributed by atoms with E-state index in [1.165, 1.54) is 25.3 Å². The molecule has 1 fully saturated rings. The van der Waals surface area contributed by atoms with Crippen LogP contribution in [0.2, 0.25) is 0 Å². The molecular weight excluding hydrogens is 260 g/mol. The first-order valence-electron chi connectivity index (χ1n) is 8.19. The summed E-state index contributed by atoms with van der Waals surface area (Å²) < 4.78 is 5.45. The average molecular weight is 282 g/mol. The highest BCUT2D eigenvalue weighted by atomic mass is 16.5. The highest BCUT2D eigenvalue weighted by Crippen LogP contribution is 2.50. The number of allylic oxidation sites excluding steroid dienone is 8. The second-order valence-corrected chi connectivity index (χ2v) is 6.78. The summed E-state index contributed by atoms with van der Waals surface area (Å²) in [6.45, 7) is 1.52. The number of esters is 1. The SMILES string of the molecule is CC(=O)OC1CCC2=C3C=CC4=CC=CC4C3CCC2C1. The van der Waals surface area contributed by atoms with Crippen LogP contribution >= 0.6 is 0 Å². The first kappa shape index (κ1) is 13.1. The van der Waals surface area contributed by atoms with Crippen molar-refractivity contribution in [3.05, 3.63) is 47.1 Å². The van der Waals surface area contributed by atoms with Crippen molar-refractivity contribution in [2.24, 2.45) is 17.8 Å². The Hall–Kier alpha value is -1.57. The Morgan fingerprint density at radius 3 is 3.00 bits per heavy atom. The molecule has 0 aliphatic heterocycles. The summed E-state index contributed by atoms with van der Waals surface area (Å²) >= 11 is 0. The van der Waals surface area contributed by atoms with Crippen LogP contribution in [0.15, 0.2) is 47.1 Å². The second kappa shape index (κ2) is 5.01. The number of fused-ring (bicyclic) bond motifs is 4. The summed E-state index contributed by atoms with van der Waals surface area (Å²) in [7, 11) is 0. The Kier molecular flexibility index (Phi) is 3.13. The Morgan fingerprint density at radius 2 is 2.14 bits per heavy atom. The van der Waals surface area contributed by atoms with Crippen LogP contribution in [0.4, 0.5) is 0 Å². The lowest BCUT2D eigenvalue weighted by atomic mass is 9.64. The topological polar surface area (TPSA) is 26.3 Å². The van der Waals surface area contributed by atoms with Gasteiger partial charge in [-0.05, 0) is 55.1 Å². The lowest BCUT2D eigenvalue weighted by Crippen LogP contribution is -2.33. The highest BCUT2D eigenvalue weighted by Gasteiger charge is 2.39. The van der Waals surface area contributed by atoms with Crippen molar-refractivity contribution in [2.45, 2.75) is 45.1 Å². The molecule has 0 aromatic carbocycles. The third-order valence-corrected chi connectivity index (χ3v) is 5.59. The molecule has 0 heterocycles. The van der Waals surface area contributed by atoms with E-state index >= 15 is 0 Å². The summed E-state index contributed by atoms with van der Waals surface area (Å²) in [6.07, 6.45) is 17.3. The predicted octanol–water partition coefficient (Wildman–Crippen LogP) is 4.11. The minimum absolute atomic E-state index is 0.131. The van der Waals surface area contributed by atoms with E-state index in [0.29, 0.717) is 17.8 Å². The summed E-state index contributed by atoms with van der Waals surface area (Å²) in [5.74, 6) is 1.81. The van der Waals surface area contributed by atoms with Crippen LogP contribution in [-0.2, 0) is 9.53 Å². The van der Waals surface area contributed by atoms with Crippen LogP contribution in [0.3, 0.4) is 0 Å². The van der Waals surface area contributed by atoms with Gasteiger partial charge in [0.15, 0.2) is 0 Å². The van der Waals surface area contributed by atoms with Crippen molar-refractivity contribution in [3.63, 3.8) is 0 Å². The maximum absolute atomic E-state index is 11.2. The maximum atomic E-state index is 11.2. The molecule has 1 saturated carbocycles. The molecule has 0 spiro atoms. The normalized spacial score (nSPS) is 36.7.